The van der Waals surface area contributed by atoms with Crippen LogP contribution in [0.5, 0.6) is 0 Å². The number of nitrogens with zero attached hydrogens (tertiary/aromatic N) is 3. The molecule has 1 fully saturated rings. The molecule has 0 radical (unpaired) electrons. The van der Waals surface area contributed by atoms with E-state index in [-0.39, 0.29) is 11.8 Å². The van der Waals surface area contributed by atoms with Gasteiger partial charge in [0, 0.05) is 30.4 Å². The van der Waals surface area contributed by atoms with Crippen molar-refractivity contribution in [3.8, 4) is 0 Å². The van der Waals surface area contributed by atoms with E-state index in [0.717, 1.165) is 43.1 Å². The first-order valence-corrected chi connectivity index (χ1v) is 9.54. The second-order valence-electron chi connectivity index (χ2n) is 6.88. The summed E-state index contributed by atoms with van der Waals surface area (Å²) in [5.74, 6) is 1.69. The summed E-state index contributed by atoms with van der Waals surface area (Å²) in [5, 5.41) is 14.9. The van der Waals surface area contributed by atoms with E-state index in [1.807, 2.05) is 72.8 Å². The van der Waals surface area contributed by atoms with Gasteiger partial charge in [-0.15, -0.1) is 10.2 Å². The number of piperidine rings is 1. The molecule has 142 valence electrons. The fourth-order valence-electron chi connectivity index (χ4n) is 3.37. The van der Waals surface area contributed by atoms with E-state index in [0.29, 0.717) is 5.82 Å². The largest absolute Gasteiger partial charge is 0.355 e. The number of hydrogen-bond donors (Lipinski definition) is 2. The summed E-state index contributed by atoms with van der Waals surface area (Å²) in [6, 6.07) is 23.4. The maximum absolute atomic E-state index is 12.5. The predicted octanol–water partition coefficient (Wildman–Crippen LogP) is 4.08. The molecule has 6 nitrogen and oxygen atoms in total. The highest BCUT2D eigenvalue weighted by atomic mass is 16.1. The number of amides is 1. The van der Waals surface area contributed by atoms with Gasteiger partial charge in [0.25, 0.3) is 0 Å². The van der Waals surface area contributed by atoms with Crippen molar-refractivity contribution in [2.75, 3.05) is 28.6 Å². The van der Waals surface area contributed by atoms with Crippen LogP contribution >= 0.6 is 0 Å². The molecule has 3 aromatic rings. The minimum absolute atomic E-state index is 0.0310. The molecule has 1 saturated heterocycles. The van der Waals surface area contributed by atoms with Gasteiger partial charge in [-0.25, -0.2) is 0 Å². The number of carbonyl (C=O) groups excluding carboxylic acids is 1. The van der Waals surface area contributed by atoms with Crippen molar-refractivity contribution in [3.05, 3.63) is 72.8 Å². The summed E-state index contributed by atoms with van der Waals surface area (Å²) in [6.07, 6.45) is 1.62. The molecular weight excluding hydrogens is 350 g/mol. The molecule has 0 atom stereocenters. The Labute approximate surface area is 164 Å². The first-order chi connectivity index (χ1) is 13.8. The number of benzene rings is 2. The Morgan fingerprint density at radius 2 is 1.46 bits per heavy atom. The Kier molecular flexibility index (Phi) is 5.47. The topological polar surface area (TPSA) is 70.2 Å². The maximum atomic E-state index is 12.5. The van der Waals surface area contributed by atoms with Crippen LogP contribution in [0.4, 0.5) is 23.0 Å². The van der Waals surface area contributed by atoms with Gasteiger partial charge in [0.05, 0.1) is 0 Å². The second-order valence-corrected chi connectivity index (χ2v) is 6.88. The number of para-hydroxylation sites is 2. The summed E-state index contributed by atoms with van der Waals surface area (Å²) < 4.78 is 0. The average molecular weight is 373 g/mol. The lowest BCUT2D eigenvalue weighted by Gasteiger charge is -2.31. The molecule has 1 aliphatic rings. The first kappa shape index (κ1) is 18.0. The molecule has 2 aromatic carbocycles. The van der Waals surface area contributed by atoms with Crippen LogP contribution in [0.15, 0.2) is 72.8 Å². The van der Waals surface area contributed by atoms with Gasteiger partial charge in [0.1, 0.15) is 0 Å². The van der Waals surface area contributed by atoms with E-state index in [2.05, 4.69) is 25.7 Å². The van der Waals surface area contributed by atoms with Gasteiger partial charge < -0.3 is 15.5 Å². The Hall–Kier alpha value is -3.41. The van der Waals surface area contributed by atoms with Gasteiger partial charge in [-0.2, -0.15) is 0 Å². The normalized spacial score (nSPS) is 14.5. The van der Waals surface area contributed by atoms with Crippen LogP contribution in [0.3, 0.4) is 0 Å². The SMILES string of the molecule is O=C(Nc1ccccc1)C1CCN(c2ccc(Nc3ccccc3)nn2)CC1. The van der Waals surface area contributed by atoms with Gasteiger partial charge in [-0.1, -0.05) is 36.4 Å². The lowest BCUT2D eigenvalue weighted by Crippen LogP contribution is -2.38. The zero-order chi connectivity index (χ0) is 19.2. The number of aromatic nitrogens is 2. The predicted molar refractivity (Wildman–Crippen MR) is 112 cm³/mol. The lowest BCUT2D eigenvalue weighted by molar-refractivity contribution is -0.120. The van der Waals surface area contributed by atoms with Crippen LogP contribution < -0.4 is 15.5 Å². The third kappa shape index (κ3) is 4.46. The monoisotopic (exact) mass is 373 g/mol. The maximum Gasteiger partial charge on any atom is 0.227 e. The number of nitrogens with one attached hydrogen (secondary N) is 2. The molecule has 28 heavy (non-hydrogen) atoms. The van der Waals surface area contributed by atoms with Gasteiger partial charge in [0.15, 0.2) is 11.6 Å². The average Bonchev–Trinajstić information content (AvgIpc) is 2.76. The van der Waals surface area contributed by atoms with E-state index in [4.69, 9.17) is 0 Å². The molecule has 2 N–H and O–H groups in total. The van der Waals surface area contributed by atoms with Gasteiger partial charge in [-0.3, -0.25) is 4.79 Å². The summed E-state index contributed by atoms with van der Waals surface area (Å²) in [4.78, 5) is 14.6. The quantitative estimate of drug-likeness (QED) is 0.705. The van der Waals surface area contributed by atoms with Crippen LogP contribution in [-0.2, 0) is 4.79 Å². The molecule has 4 rings (SSSR count). The van der Waals surface area contributed by atoms with E-state index >= 15 is 0 Å². The third-order valence-electron chi connectivity index (χ3n) is 4.93. The molecular formula is C22H23N5O. The molecule has 2 heterocycles. The molecule has 0 bridgehead atoms. The van der Waals surface area contributed by atoms with E-state index in [1.54, 1.807) is 0 Å². The van der Waals surface area contributed by atoms with Crippen molar-refractivity contribution < 1.29 is 4.79 Å². The Bertz CT molecular complexity index is 891. The zero-order valence-electron chi connectivity index (χ0n) is 15.6. The van der Waals surface area contributed by atoms with E-state index < -0.39 is 0 Å². The molecule has 1 amide bonds. The molecule has 0 aliphatic carbocycles. The molecule has 0 spiro atoms. The molecule has 6 heteroatoms. The Balaban J connectivity index is 1.30. The fourth-order valence-corrected chi connectivity index (χ4v) is 3.37. The van der Waals surface area contributed by atoms with Crippen LogP contribution in [0, 0.1) is 5.92 Å². The van der Waals surface area contributed by atoms with Gasteiger partial charge >= 0.3 is 0 Å². The van der Waals surface area contributed by atoms with E-state index in [1.165, 1.54) is 0 Å². The highest BCUT2D eigenvalue weighted by molar-refractivity contribution is 5.92. The van der Waals surface area contributed by atoms with Crippen LogP contribution in [-0.4, -0.2) is 29.2 Å². The summed E-state index contributed by atoms with van der Waals surface area (Å²) in [5.41, 5.74) is 1.83. The summed E-state index contributed by atoms with van der Waals surface area (Å²) in [6.45, 7) is 1.60. The number of carbonyl (C=O) groups is 1. The van der Waals surface area contributed by atoms with Crippen molar-refractivity contribution in [3.63, 3.8) is 0 Å². The molecule has 1 aliphatic heterocycles. The van der Waals surface area contributed by atoms with Gasteiger partial charge in [0.2, 0.25) is 5.91 Å². The second kappa shape index (κ2) is 8.52. The zero-order valence-corrected chi connectivity index (χ0v) is 15.6. The summed E-state index contributed by atoms with van der Waals surface area (Å²) >= 11 is 0. The standard InChI is InChI=1S/C22H23N5O/c28-22(24-19-9-5-2-6-10-19)17-13-15-27(16-14-17)21-12-11-20(25-26-21)23-18-7-3-1-4-8-18/h1-12,17H,13-16H2,(H,23,25)(H,24,28). The molecule has 1 aromatic heterocycles. The Morgan fingerprint density at radius 1 is 0.821 bits per heavy atom. The van der Waals surface area contributed by atoms with Crippen LogP contribution in [0.2, 0.25) is 0 Å². The van der Waals surface area contributed by atoms with Crippen molar-refractivity contribution in [1.82, 2.24) is 10.2 Å². The van der Waals surface area contributed by atoms with Crippen molar-refractivity contribution in [2.45, 2.75) is 12.8 Å². The number of anilines is 4. The van der Waals surface area contributed by atoms with Crippen molar-refractivity contribution >= 4 is 28.9 Å². The number of rotatable bonds is 5. The first-order valence-electron chi connectivity index (χ1n) is 9.54. The third-order valence-corrected chi connectivity index (χ3v) is 4.93. The van der Waals surface area contributed by atoms with Gasteiger partial charge in [-0.05, 0) is 49.2 Å². The highest BCUT2D eigenvalue weighted by Gasteiger charge is 2.25. The fraction of sp³-hybridized carbons (Fsp3) is 0.227. The van der Waals surface area contributed by atoms with Crippen molar-refractivity contribution in [2.24, 2.45) is 5.92 Å². The lowest BCUT2D eigenvalue weighted by atomic mass is 9.96. The van der Waals surface area contributed by atoms with Crippen molar-refractivity contribution in [1.29, 1.82) is 0 Å². The molecule has 0 unspecified atom stereocenters. The summed E-state index contributed by atoms with van der Waals surface area (Å²) in [7, 11) is 0. The van der Waals surface area contributed by atoms with E-state index in [9.17, 15) is 4.79 Å². The highest BCUT2D eigenvalue weighted by Crippen LogP contribution is 2.24. The molecule has 0 saturated carbocycles. The Morgan fingerprint density at radius 3 is 2.07 bits per heavy atom. The van der Waals surface area contributed by atoms with Crippen LogP contribution in [0.1, 0.15) is 12.8 Å². The minimum Gasteiger partial charge on any atom is -0.355 e. The smallest absolute Gasteiger partial charge is 0.227 e. The minimum atomic E-state index is 0.0310. The van der Waals surface area contributed by atoms with Crippen LogP contribution in [0.25, 0.3) is 0 Å². The number of hydrogen-bond acceptors (Lipinski definition) is 5.